The Labute approximate surface area is 87.8 Å². The molecule has 1 rings (SSSR count). The summed E-state index contributed by atoms with van der Waals surface area (Å²) in [6.07, 6.45) is 0. The summed E-state index contributed by atoms with van der Waals surface area (Å²) >= 11 is 0. The van der Waals surface area contributed by atoms with Crippen LogP contribution >= 0.6 is 0 Å². The third kappa shape index (κ3) is 4.57. The van der Waals surface area contributed by atoms with E-state index in [1.165, 1.54) is 0 Å². The number of hydrogen-bond acceptors (Lipinski definition) is 3. The number of rotatable bonds is 5. The van der Waals surface area contributed by atoms with Crippen molar-refractivity contribution < 1.29 is 18.3 Å². The van der Waals surface area contributed by atoms with Gasteiger partial charge < -0.3 is 5.11 Å². The highest BCUT2D eigenvalue weighted by Crippen LogP contribution is 1.98. The molecule has 2 N–H and O–H groups in total. The van der Waals surface area contributed by atoms with Gasteiger partial charge in [-0.2, -0.15) is 0 Å². The van der Waals surface area contributed by atoms with Crippen LogP contribution in [0.1, 0.15) is 5.56 Å². The molecule has 1 aromatic carbocycles. The molecule has 82 valence electrons. The molecule has 0 atom stereocenters. The Balaban J connectivity index is 2.54. The molecule has 15 heavy (non-hydrogen) atoms. The van der Waals surface area contributed by atoms with Crippen molar-refractivity contribution in [2.45, 2.75) is 6.54 Å². The van der Waals surface area contributed by atoms with Gasteiger partial charge in [-0.1, -0.05) is 30.3 Å². The molecule has 5 nitrogen and oxygen atoms in total. The molecule has 0 unspecified atom stereocenters. The lowest BCUT2D eigenvalue weighted by atomic mass is 10.2. The Morgan fingerprint density at radius 3 is 2.40 bits per heavy atom. The normalized spacial score (nSPS) is 11.2. The summed E-state index contributed by atoms with van der Waals surface area (Å²) in [5.74, 6) is -2.27. The van der Waals surface area contributed by atoms with E-state index < -0.39 is 21.7 Å². The van der Waals surface area contributed by atoms with E-state index in [0.717, 1.165) is 5.56 Å². The number of carboxylic acid groups (broad SMARTS) is 1. The summed E-state index contributed by atoms with van der Waals surface area (Å²) in [6.45, 7) is 0.108. The van der Waals surface area contributed by atoms with Crippen LogP contribution in [0, 0.1) is 0 Å². The molecule has 0 fully saturated rings. The molecule has 0 aromatic heterocycles. The van der Waals surface area contributed by atoms with Crippen molar-refractivity contribution in [2.75, 3.05) is 5.75 Å². The predicted octanol–water partition coefficient (Wildman–Crippen LogP) is 0.191. The molecular weight excluding hydrogens is 218 g/mol. The van der Waals surface area contributed by atoms with Gasteiger partial charge in [-0.3, -0.25) is 4.79 Å². The molecule has 0 aliphatic heterocycles. The zero-order chi connectivity index (χ0) is 11.3. The Morgan fingerprint density at radius 2 is 1.87 bits per heavy atom. The van der Waals surface area contributed by atoms with Crippen LogP contribution in [0.2, 0.25) is 0 Å². The van der Waals surface area contributed by atoms with E-state index in [-0.39, 0.29) is 6.54 Å². The number of nitrogens with one attached hydrogen (secondary N) is 1. The van der Waals surface area contributed by atoms with Crippen LogP contribution in [0.25, 0.3) is 0 Å². The average molecular weight is 229 g/mol. The maximum absolute atomic E-state index is 11.1. The first kappa shape index (κ1) is 11.7. The SMILES string of the molecule is O=C(O)CS(=O)(=O)NCc1ccccc1. The molecule has 0 saturated heterocycles. The first-order chi connectivity index (χ1) is 6.99. The average Bonchev–Trinajstić information content (AvgIpc) is 2.15. The van der Waals surface area contributed by atoms with Gasteiger partial charge in [-0.25, -0.2) is 13.1 Å². The monoisotopic (exact) mass is 229 g/mol. The van der Waals surface area contributed by atoms with Crippen LogP contribution in [0.5, 0.6) is 0 Å². The number of benzene rings is 1. The first-order valence-corrected chi connectivity index (χ1v) is 5.88. The lowest BCUT2D eigenvalue weighted by Crippen LogP contribution is -2.29. The molecule has 0 amide bonds. The van der Waals surface area contributed by atoms with Gasteiger partial charge in [0, 0.05) is 6.54 Å². The number of carbonyl (C=O) groups is 1. The van der Waals surface area contributed by atoms with Gasteiger partial charge in [0.15, 0.2) is 5.75 Å². The van der Waals surface area contributed by atoms with E-state index in [1.54, 1.807) is 24.3 Å². The third-order valence-electron chi connectivity index (χ3n) is 1.65. The van der Waals surface area contributed by atoms with E-state index in [9.17, 15) is 13.2 Å². The molecular formula is C9H11NO4S. The molecule has 0 bridgehead atoms. The molecule has 0 heterocycles. The van der Waals surface area contributed by atoms with Crippen LogP contribution in [-0.2, 0) is 21.4 Å². The van der Waals surface area contributed by atoms with Crippen molar-refractivity contribution in [3.8, 4) is 0 Å². The summed E-state index contributed by atoms with van der Waals surface area (Å²) in [5, 5.41) is 8.33. The quantitative estimate of drug-likeness (QED) is 0.755. The van der Waals surface area contributed by atoms with Crippen LogP contribution < -0.4 is 4.72 Å². The van der Waals surface area contributed by atoms with Gasteiger partial charge in [0.05, 0.1) is 0 Å². The van der Waals surface area contributed by atoms with Gasteiger partial charge in [0.25, 0.3) is 0 Å². The van der Waals surface area contributed by atoms with Crippen LogP contribution in [0.15, 0.2) is 30.3 Å². The van der Waals surface area contributed by atoms with Crippen LogP contribution in [0.4, 0.5) is 0 Å². The maximum Gasteiger partial charge on any atom is 0.320 e. The van der Waals surface area contributed by atoms with Crippen molar-refractivity contribution in [1.29, 1.82) is 0 Å². The number of hydrogen-bond donors (Lipinski definition) is 2. The zero-order valence-electron chi connectivity index (χ0n) is 7.88. The van der Waals surface area contributed by atoms with Gasteiger partial charge in [0.1, 0.15) is 0 Å². The second-order valence-electron chi connectivity index (χ2n) is 2.96. The summed E-state index contributed by atoms with van der Waals surface area (Å²) in [7, 11) is -3.73. The Bertz CT molecular complexity index is 427. The van der Waals surface area contributed by atoms with Crippen molar-refractivity contribution in [1.82, 2.24) is 4.72 Å². The number of aliphatic carboxylic acids is 1. The minimum absolute atomic E-state index is 0.108. The second-order valence-corrected chi connectivity index (χ2v) is 4.77. The Morgan fingerprint density at radius 1 is 1.27 bits per heavy atom. The van der Waals surface area contributed by atoms with E-state index in [1.807, 2.05) is 6.07 Å². The first-order valence-electron chi connectivity index (χ1n) is 4.23. The Hall–Kier alpha value is -1.40. The summed E-state index contributed by atoms with van der Waals surface area (Å²) < 4.78 is 24.4. The third-order valence-corrected chi connectivity index (χ3v) is 2.86. The smallest absolute Gasteiger partial charge is 0.320 e. The highest BCUT2D eigenvalue weighted by molar-refractivity contribution is 7.90. The molecule has 0 saturated carbocycles. The summed E-state index contributed by atoms with van der Waals surface area (Å²) in [4.78, 5) is 10.2. The molecule has 0 aliphatic carbocycles. The predicted molar refractivity (Wildman–Crippen MR) is 54.7 cm³/mol. The summed E-state index contributed by atoms with van der Waals surface area (Å²) in [6, 6.07) is 8.88. The lowest BCUT2D eigenvalue weighted by Gasteiger charge is -2.03. The van der Waals surface area contributed by atoms with Crippen molar-refractivity contribution in [3.05, 3.63) is 35.9 Å². The molecule has 1 aromatic rings. The molecule has 0 radical (unpaired) electrons. The number of carboxylic acids is 1. The highest BCUT2D eigenvalue weighted by Gasteiger charge is 2.14. The van der Waals surface area contributed by atoms with E-state index in [2.05, 4.69) is 4.72 Å². The van der Waals surface area contributed by atoms with E-state index >= 15 is 0 Å². The minimum Gasteiger partial charge on any atom is -0.480 e. The highest BCUT2D eigenvalue weighted by atomic mass is 32.2. The fraction of sp³-hybridized carbons (Fsp3) is 0.222. The molecule has 0 aliphatic rings. The fourth-order valence-corrected chi connectivity index (χ4v) is 1.82. The van der Waals surface area contributed by atoms with Gasteiger partial charge in [0.2, 0.25) is 10.0 Å². The van der Waals surface area contributed by atoms with Crippen molar-refractivity contribution >= 4 is 16.0 Å². The fourth-order valence-electron chi connectivity index (χ4n) is 1.00. The Kier molecular flexibility index (Phi) is 3.81. The maximum atomic E-state index is 11.1. The van der Waals surface area contributed by atoms with Crippen LogP contribution in [0.3, 0.4) is 0 Å². The van der Waals surface area contributed by atoms with E-state index in [4.69, 9.17) is 5.11 Å². The van der Waals surface area contributed by atoms with Crippen molar-refractivity contribution in [3.63, 3.8) is 0 Å². The van der Waals surface area contributed by atoms with Gasteiger partial charge >= 0.3 is 5.97 Å². The largest absolute Gasteiger partial charge is 0.480 e. The van der Waals surface area contributed by atoms with E-state index in [0.29, 0.717) is 0 Å². The summed E-state index contributed by atoms with van der Waals surface area (Å²) in [5.41, 5.74) is 0.784. The second kappa shape index (κ2) is 4.90. The zero-order valence-corrected chi connectivity index (χ0v) is 8.70. The number of sulfonamides is 1. The molecule has 6 heteroatoms. The van der Waals surface area contributed by atoms with Crippen LogP contribution in [-0.4, -0.2) is 25.2 Å². The topological polar surface area (TPSA) is 83.5 Å². The standard InChI is InChI=1S/C9H11NO4S/c11-9(12)7-15(13,14)10-6-8-4-2-1-3-5-8/h1-5,10H,6-7H2,(H,11,12). The van der Waals surface area contributed by atoms with Gasteiger partial charge in [-0.15, -0.1) is 0 Å². The van der Waals surface area contributed by atoms with Crippen molar-refractivity contribution in [2.24, 2.45) is 0 Å². The molecule has 0 spiro atoms. The minimum atomic E-state index is -3.73. The lowest BCUT2D eigenvalue weighted by molar-refractivity contribution is -0.134. The van der Waals surface area contributed by atoms with Gasteiger partial charge in [-0.05, 0) is 5.56 Å².